The highest BCUT2D eigenvalue weighted by molar-refractivity contribution is 7.84. The molecule has 1 atom stereocenters. The molecule has 0 aromatic heterocycles. The van der Waals surface area contributed by atoms with E-state index in [-0.39, 0.29) is 11.5 Å². The molecule has 2 aromatic rings. The van der Waals surface area contributed by atoms with Gasteiger partial charge in [0.05, 0.1) is 28.6 Å². The van der Waals surface area contributed by atoms with Gasteiger partial charge < -0.3 is 10.5 Å². The van der Waals surface area contributed by atoms with Crippen LogP contribution < -0.4 is 10.5 Å². The van der Waals surface area contributed by atoms with Gasteiger partial charge in [-0.15, -0.1) is 0 Å². The predicted molar refractivity (Wildman–Crippen MR) is 78.7 cm³/mol. The summed E-state index contributed by atoms with van der Waals surface area (Å²) in [5, 5.41) is 0. The predicted octanol–water partition coefficient (Wildman–Crippen LogP) is 3.03. The smallest absolute Gasteiger partial charge is 0.165 e. The number of hydrogen-bond acceptors (Lipinski definition) is 3. The van der Waals surface area contributed by atoms with Crippen LogP contribution in [-0.2, 0) is 16.6 Å². The molecule has 20 heavy (non-hydrogen) atoms. The lowest BCUT2D eigenvalue weighted by Gasteiger charge is -2.08. The van der Waals surface area contributed by atoms with Crippen LogP contribution >= 0.6 is 0 Å². The van der Waals surface area contributed by atoms with Gasteiger partial charge in [-0.3, -0.25) is 4.21 Å². The minimum atomic E-state index is -1.30. The average Bonchev–Trinajstić information content (AvgIpc) is 2.38. The van der Waals surface area contributed by atoms with Gasteiger partial charge in [-0.05, 0) is 42.3 Å². The molecular weight excluding hydrogens is 277 g/mol. The van der Waals surface area contributed by atoms with E-state index in [4.69, 9.17) is 10.5 Å². The molecule has 0 fully saturated rings. The van der Waals surface area contributed by atoms with Gasteiger partial charge in [0, 0.05) is 5.69 Å². The van der Waals surface area contributed by atoms with Gasteiger partial charge in [-0.1, -0.05) is 12.1 Å². The van der Waals surface area contributed by atoms with Crippen molar-refractivity contribution in [1.82, 2.24) is 0 Å². The fraction of sp³-hybridized carbons (Fsp3) is 0.200. The number of nitrogens with two attached hydrogens (primary N) is 1. The third-order valence-electron chi connectivity index (χ3n) is 2.92. The molecule has 5 heteroatoms. The Labute approximate surface area is 120 Å². The molecule has 0 aliphatic rings. The van der Waals surface area contributed by atoms with E-state index in [1.54, 1.807) is 18.2 Å². The minimum absolute atomic E-state index is 0.175. The highest BCUT2D eigenvalue weighted by atomic mass is 32.2. The number of ether oxygens (including phenoxy) is 1. The maximum absolute atomic E-state index is 13.6. The summed E-state index contributed by atoms with van der Waals surface area (Å²) < 4.78 is 30.7. The Morgan fingerprint density at radius 2 is 2.00 bits per heavy atom. The summed E-state index contributed by atoms with van der Waals surface area (Å²) in [4.78, 5) is 0.576. The lowest BCUT2D eigenvalue weighted by atomic mass is 10.2. The number of halogens is 1. The van der Waals surface area contributed by atoms with E-state index in [0.29, 0.717) is 16.1 Å². The summed E-state index contributed by atoms with van der Waals surface area (Å²) in [6.07, 6.45) is 0. The van der Waals surface area contributed by atoms with Crippen LogP contribution in [0, 0.1) is 12.7 Å². The van der Waals surface area contributed by atoms with Crippen molar-refractivity contribution < 1.29 is 13.3 Å². The normalized spacial score (nSPS) is 12.2. The van der Waals surface area contributed by atoms with Crippen LogP contribution in [0.25, 0.3) is 0 Å². The van der Waals surface area contributed by atoms with E-state index in [2.05, 4.69) is 0 Å². The molecule has 0 spiro atoms. The standard InChI is InChI=1S/C15H16FNO2S/c1-10-3-6-15(13(17)7-10)20(18)9-11-4-5-14(19-2)12(16)8-11/h3-8H,9,17H2,1-2H3. The summed E-state index contributed by atoms with van der Waals surface area (Å²) in [5.41, 5.74) is 8.01. The van der Waals surface area contributed by atoms with Crippen molar-refractivity contribution >= 4 is 16.5 Å². The molecule has 0 bridgehead atoms. The second-order valence-corrected chi connectivity index (χ2v) is 5.92. The van der Waals surface area contributed by atoms with Gasteiger partial charge in [0.25, 0.3) is 0 Å². The van der Waals surface area contributed by atoms with Crippen LogP contribution in [0.1, 0.15) is 11.1 Å². The SMILES string of the molecule is COc1ccc(CS(=O)c2ccc(C)cc2N)cc1F. The largest absolute Gasteiger partial charge is 0.494 e. The first kappa shape index (κ1) is 14.5. The van der Waals surface area contributed by atoms with Crippen LogP contribution in [-0.4, -0.2) is 11.3 Å². The molecule has 0 heterocycles. The molecule has 0 saturated carbocycles. The van der Waals surface area contributed by atoms with Gasteiger partial charge >= 0.3 is 0 Å². The highest BCUT2D eigenvalue weighted by Gasteiger charge is 2.11. The van der Waals surface area contributed by atoms with Gasteiger partial charge in [-0.2, -0.15) is 0 Å². The summed E-state index contributed by atoms with van der Waals surface area (Å²) in [7, 11) is 0.102. The molecule has 2 rings (SSSR count). The van der Waals surface area contributed by atoms with Crippen LogP contribution in [0.15, 0.2) is 41.3 Å². The molecule has 0 aliphatic heterocycles. The van der Waals surface area contributed by atoms with Crippen LogP contribution in [0.5, 0.6) is 5.75 Å². The van der Waals surface area contributed by atoms with E-state index in [0.717, 1.165) is 5.56 Å². The minimum Gasteiger partial charge on any atom is -0.494 e. The number of rotatable bonds is 4. The van der Waals surface area contributed by atoms with E-state index < -0.39 is 16.6 Å². The quantitative estimate of drug-likeness (QED) is 0.882. The summed E-state index contributed by atoms with van der Waals surface area (Å²) in [6, 6.07) is 9.95. The van der Waals surface area contributed by atoms with Crippen LogP contribution in [0.2, 0.25) is 0 Å². The van der Waals surface area contributed by atoms with Crippen molar-refractivity contribution in [2.75, 3.05) is 12.8 Å². The molecule has 0 aliphatic carbocycles. The third kappa shape index (κ3) is 3.17. The average molecular weight is 293 g/mol. The Morgan fingerprint density at radius 3 is 2.60 bits per heavy atom. The zero-order valence-corrected chi connectivity index (χ0v) is 12.2. The summed E-state index contributed by atoms with van der Waals surface area (Å²) >= 11 is 0. The molecule has 3 nitrogen and oxygen atoms in total. The Morgan fingerprint density at radius 1 is 1.25 bits per heavy atom. The van der Waals surface area contributed by atoms with Crippen LogP contribution in [0.3, 0.4) is 0 Å². The lowest BCUT2D eigenvalue weighted by molar-refractivity contribution is 0.386. The monoisotopic (exact) mass is 293 g/mol. The second kappa shape index (κ2) is 6.05. The molecular formula is C15H16FNO2S. The van der Waals surface area contributed by atoms with E-state index in [1.807, 2.05) is 13.0 Å². The summed E-state index contributed by atoms with van der Waals surface area (Å²) in [5.74, 6) is -0.0676. The van der Waals surface area contributed by atoms with Crippen molar-refractivity contribution in [1.29, 1.82) is 0 Å². The van der Waals surface area contributed by atoms with Gasteiger partial charge in [0.15, 0.2) is 11.6 Å². The number of nitrogen functional groups attached to an aromatic ring is 1. The Bertz CT molecular complexity index is 658. The first-order valence-corrected chi connectivity index (χ1v) is 7.40. The van der Waals surface area contributed by atoms with Gasteiger partial charge in [-0.25, -0.2) is 4.39 Å². The molecule has 106 valence electrons. The van der Waals surface area contributed by atoms with E-state index in [1.165, 1.54) is 19.2 Å². The second-order valence-electron chi connectivity index (χ2n) is 4.50. The molecule has 1 unspecified atom stereocenters. The van der Waals surface area contributed by atoms with E-state index >= 15 is 0 Å². The van der Waals surface area contributed by atoms with Crippen LogP contribution in [0.4, 0.5) is 10.1 Å². The number of hydrogen-bond donors (Lipinski definition) is 1. The molecule has 0 radical (unpaired) electrons. The number of benzene rings is 2. The zero-order chi connectivity index (χ0) is 14.7. The molecule has 0 amide bonds. The first-order valence-electron chi connectivity index (χ1n) is 6.08. The Kier molecular flexibility index (Phi) is 4.39. The topological polar surface area (TPSA) is 52.3 Å². The van der Waals surface area contributed by atoms with E-state index in [9.17, 15) is 8.60 Å². The molecule has 2 aromatic carbocycles. The van der Waals surface area contributed by atoms with Gasteiger partial charge in [0.1, 0.15) is 0 Å². The van der Waals surface area contributed by atoms with Crippen molar-refractivity contribution in [2.45, 2.75) is 17.6 Å². The van der Waals surface area contributed by atoms with Crippen molar-refractivity contribution in [2.24, 2.45) is 0 Å². The maximum Gasteiger partial charge on any atom is 0.165 e. The van der Waals surface area contributed by atoms with Crippen molar-refractivity contribution in [3.05, 3.63) is 53.3 Å². The first-order chi connectivity index (χ1) is 9.51. The number of aryl methyl sites for hydroxylation is 1. The van der Waals surface area contributed by atoms with Gasteiger partial charge in [0.2, 0.25) is 0 Å². The highest BCUT2D eigenvalue weighted by Crippen LogP contribution is 2.23. The fourth-order valence-corrected chi connectivity index (χ4v) is 3.08. The number of methoxy groups -OCH3 is 1. The van der Waals surface area contributed by atoms with Crippen molar-refractivity contribution in [3.8, 4) is 5.75 Å². The third-order valence-corrected chi connectivity index (χ3v) is 4.38. The number of anilines is 1. The summed E-state index contributed by atoms with van der Waals surface area (Å²) in [6.45, 7) is 1.92. The zero-order valence-electron chi connectivity index (χ0n) is 11.4. The Hall–Kier alpha value is -1.88. The molecule has 2 N–H and O–H groups in total. The molecule has 0 saturated heterocycles. The Balaban J connectivity index is 2.21. The fourth-order valence-electron chi connectivity index (χ4n) is 1.90. The maximum atomic E-state index is 13.6. The lowest BCUT2D eigenvalue weighted by Crippen LogP contribution is -2.02. The van der Waals surface area contributed by atoms with Crippen molar-refractivity contribution in [3.63, 3.8) is 0 Å².